The molecular formula is C14H29NaO4S. The van der Waals surface area contributed by atoms with Gasteiger partial charge in [0.1, 0.15) is 0 Å². The van der Waals surface area contributed by atoms with Crippen LogP contribution in [0.5, 0.6) is 0 Å². The first-order valence-electron chi connectivity index (χ1n) is 7.60. The van der Waals surface area contributed by atoms with E-state index in [1.165, 1.54) is 51.4 Å². The van der Waals surface area contributed by atoms with E-state index in [1.54, 1.807) is 6.92 Å². The fourth-order valence-electron chi connectivity index (χ4n) is 2.17. The van der Waals surface area contributed by atoms with E-state index < -0.39 is 16.5 Å². The molecule has 0 bridgehead atoms. The minimum Gasteiger partial charge on any atom is -0.726 e. The van der Waals surface area contributed by atoms with Crippen LogP contribution in [0.2, 0.25) is 0 Å². The van der Waals surface area contributed by atoms with E-state index in [1.807, 2.05) is 0 Å². The second-order valence-electron chi connectivity index (χ2n) is 5.29. The Hall–Kier alpha value is 0.870. The largest absolute Gasteiger partial charge is 1.00 e. The third-order valence-corrected chi connectivity index (χ3v) is 3.81. The van der Waals surface area contributed by atoms with E-state index in [2.05, 4.69) is 11.1 Å². The Morgan fingerprint density at radius 3 is 1.70 bits per heavy atom. The Kier molecular flexibility index (Phi) is 17.1. The zero-order valence-corrected chi connectivity index (χ0v) is 16.2. The van der Waals surface area contributed by atoms with E-state index in [4.69, 9.17) is 0 Å². The predicted molar refractivity (Wildman–Crippen MR) is 76.7 cm³/mol. The molecule has 0 aliphatic carbocycles. The maximum Gasteiger partial charge on any atom is 1.00 e. The molecule has 0 fully saturated rings. The van der Waals surface area contributed by atoms with Gasteiger partial charge in [0.2, 0.25) is 10.4 Å². The minimum atomic E-state index is -4.54. The number of hydrogen-bond donors (Lipinski definition) is 0. The van der Waals surface area contributed by atoms with Crippen LogP contribution in [-0.4, -0.2) is 19.1 Å². The number of hydrogen-bond acceptors (Lipinski definition) is 4. The summed E-state index contributed by atoms with van der Waals surface area (Å²) in [5.74, 6) is 0. The van der Waals surface area contributed by atoms with Crippen molar-refractivity contribution < 1.29 is 46.7 Å². The molecule has 0 aromatic rings. The van der Waals surface area contributed by atoms with Crippen LogP contribution < -0.4 is 29.6 Å². The first kappa shape index (κ1) is 23.1. The summed E-state index contributed by atoms with van der Waals surface area (Å²) in [6, 6.07) is 0. The molecule has 0 rings (SSSR count). The Morgan fingerprint density at radius 2 is 1.30 bits per heavy atom. The van der Waals surface area contributed by atoms with E-state index in [0.717, 1.165) is 12.8 Å². The standard InChI is InChI=1S/C14H30O4S.Na/c1-3-4-5-6-7-8-9-10-11-12-13-14(2)18-19(15,16)17;/h14H,3-13H2,1-2H3,(H,15,16,17);/q;+1/p-1. The van der Waals surface area contributed by atoms with Crippen molar-refractivity contribution in [3.05, 3.63) is 0 Å². The van der Waals surface area contributed by atoms with Gasteiger partial charge in [0.25, 0.3) is 0 Å². The summed E-state index contributed by atoms with van der Waals surface area (Å²) < 4.78 is 35.4. The van der Waals surface area contributed by atoms with Crippen LogP contribution in [0.15, 0.2) is 0 Å². The maximum absolute atomic E-state index is 10.3. The number of unbranched alkanes of at least 4 members (excludes halogenated alkanes) is 9. The quantitative estimate of drug-likeness (QED) is 0.221. The van der Waals surface area contributed by atoms with Gasteiger partial charge in [-0.2, -0.15) is 0 Å². The molecule has 0 aliphatic rings. The van der Waals surface area contributed by atoms with Crippen molar-refractivity contribution >= 4 is 10.4 Å². The van der Waals surface area contributed by atoms with E-state index >= 15 is 0 Å². The van der Waals surface area contributed by atoms with Crippen LogP contribution in [-0.2, 0) is 14.6 Å². The molecule has 116 valence electrons. The molecule has 1 atom stereocenters. The molecule has 0 saturated heterocycles. The smallest absolute Gasteiger partial charge is 0.726 e. The van der Waals surface area contributed by atoms with Gasteiger partial charge in [-0.1, -0.05) is 71.1 Å². The summed E-state index contributed by atoms with van der Waals surface area (Å²) in [5, 5.41) is 0. The molecule has 0 saturated carbocycles. The molecule has 4 nitrogen and oxygen atoms in total. The normalized spacial score (nSPS) is 12.9. The minimum absolute atomic E-state index is 0. The zero-order chi connectivity index (χ0) is 14.6. The first-order valence-corrected chi connectivity index (χ1v) is 8.93. The van der Waals surface area contributed by atoms with Crippen LogP contribution in [0.4, 0.5) is 0 Å². The second-order valence-corrected chi connectivity index (χ2v) is 6.29. The van der Waals surface area contributed by atoms with Crippen LogP contribution >= 0.6 is 0 Å². The molecule has 0 radical (unpaired) electrons. The summed E-state index contributed by atoms with van der Waals surface area (Å²) in [5.41, 5.74) is 0. The van der Waals surface area contributed by atoms with Gasteiger partial charge in [-0.3, -0.25) is 4.18 Å². The van der Waals surface area contributed by atoms with E-state index in [-0.39, 0.29) is 29.6 Å². The van der Waals surface area contributed by atoms with Crippen molar-refractivity contribution in [2.75, 3.05) is 0 Å². The molecule has 0 aromatic carbocycles. The summed E-state index contributed by atoms with van der Waals surface area (Å²) in [6.45, 7) is 3.85. The van der Waals surface area contributed by atoms with Crippen molar-refractivity contribution in [2.45, 2.75) is 90.6 Å². The Balaban J connectivity index is 0. The maximum atomic E-state index is 10.3. The summed E-state index contributed by atoms with van der Waals surface area (Å²) in [6.07, 6.45) is 12.6. The van der Waals surface area contributed by atoms with Gasteiger partial charge in [0.15, 0.2) is 0 Å². The van der Waals surface area contributed by atoms with E-state index in [0.29, 0.717) is 6.42 Å². The van der Waals surface area contributed by atoms with Crippen molar-refractivity contribution in [1.82, 2.24) is 0 Å². The van der Waals surface area contributed by atoms with Crippen molar-refractivity contribution in [1.29, 1.82) is 0 Å². The fourth-order valence-corrected chi connectivity index (χ4v) is 2.67. The van der Waals surface area contributed by atoms with Gasteiger partial charge in [0, 0.05) is 0 Å². The fraction of sp³-hybridized carbons (Fsp3) is 1.00. The summed E-state index contributed by atoms with van der Waals surface area (Å²) >= 11 is 0. The zero-order valence-electron chi connectivity index (χ0n) is 13.4. The summed E-state index contributed by atoms with van der Waals surface area (Å²) in [7, 11) is -4.54. The number of rotatable bonds is 13. The third-order valence-electron chi connectivity index (χ3n) is 3.25. The topological polar surface area (TPSA) is 66.4 Å². The average molecular weight is 316 g/mol. The molecule has 0 spiro atoms. The molecule has 0 N–H and O–H groups in total. The predicted octanol–water partition coefficient (Wildman–Crippen LogP) is 1.17. The monoisotopic (exact) mass is 316 g/mol. The summed E-state index contributed by atoms with van der Waals surface area (Å²) in [4.78, 5) is 0. The Morgan fingerprint density at radius 1 is 0.900 bits per heavy atom. The van der Waals surface area contributed by atoms with Crippen molar-refractivity contribution in [2.24, 2.45) is 0 Å². The first-order chi connectivity index (χ1) is 8.95. The second kappa shape index (κ2) is 14.8. The van der Waals surface area contributed by atoms with Gasteiger partial charge in [-0.15, -0.1) is 0 Å². The Bertz CT molecular complexity index is 294. The van der Waals surface area contributed by atoms with Gasteiger partial charge in [-0.05, 0) is 13.3 Å². The average Bonchev–Trinajstić information content (AvgIpc) is 2.29. The molecule has 0 aliphatic heterocycles. The van der Waals surface area contributed by atoms with Crippen LogP contribution in [0, 0.1) is 0 Å². The van der Waals surface area contributed by atoms with Gasteiger partial charge >= 0.3 is 29.6 Å². The van der Waals surface area contributed by atoms with Crippen LogP contribution in [0.25, 0.3) is 0 Å². The van der Waals surface area contributed by atoms with Crippen LogP contribution in [0.3, 0.4) is 0 Å². The SMILES string of the molecule is CCCCCCCCCCCCC(C)OS(=O)(=O)[O-].[Na+]. The molecule has 0 heterocycles. The van der Waals surface area contributed by atoms with Gasteiger partial charge < -0.3 is 4.55 Å². The molecule has 1 unspecified atom stereocenters. The van der Waals surface area contributed by atoms with Crippen LogP contribution in [0.1, 0.15) is 84.5 Å². The Labute approximate surface area is 147 Å². The molecule has 0 amide bonds. The molecular weight excluding hydrogens is 287 g/mol. The van der Waals surface area contributed by atoms with Gasteiger partial charge in [-0.25, -0.2) is 8.42 Å². The van der Waals surface area contributed by atoms with Gasteiger partial charge in [0.05, 0.1) is 6.10 Å². The molecule has 0 aromatic heterocycles. The van der Waals surface area contributed by atoms with Crippen molar-refractivity contribution in [3.63, 3.8) is 0 Å². The van der Waals surface area contributed by atoms with E-state index in [9.17, 15) is 13.0 Å². The third kappa shape index (κ3) is 18.9. The molecule has 20 heavy (non-hydrogen) atoms. The molecule has 6 heteroatoms. The van der Waals surface area contributed by atoms with Crippen molar-refractivity contribution in [3.8, 4) is 0 Å².